The second kappa shape index (κ2) is 9.09. The molecule has 0 heterocycles. The Bertz CT molecular complexity index is 1150. The van der Waals surface area contributed by atoms with Crippen molar-refractivity contribution >= 4 is 21.6 Å². The first kappa shape index (κ1) is 21.5. The van der Waals surface area contributed by atoms with Gasteiger partial charge < -0.3 is 4.90 Å². The number of carbonyl (C=O) groups excluding carboxylic acids is 1. The van der Waals surface area contributed by atoms with Crippen LogP contribution in [0.15, 0.2) is 77.7 Å². The lowest BCUT2D eigenvalue weighted by Crippen LogP contribution is -2.30. The summed E-state index contributed by atoms with van der Waals surface area (Å²) < 4.78 is 41.3. The van der Waals surface area contributed by atoms with E-state index in [1.807, 2.05) is 26.0 Å². The minimum absolute atomic E-state index is 0.0653. The van der Waals surface area contributed by atoms with E-state index in [1.165, 1.54) is 36.4 Å². The van der Waals surface area contributed by atoms with E-state index in [4.69, 9.17) is 0 Å². The van der Waals surface area contributed by atoms with Gasteiger partial charge in [-0.15, -0.1) is 0 Å². The molecule has 3 rings (SSSR count). The van der Waals surface area contributed by atoms with Gasteiger partial charge in [-0.1, -0.05) is 30.3 Å². The lowest BCUT2D eigenvalue weighted by molar-refractivity contribution is 0.0752. The van der Waals surface area contributed by atoms with Crippen molar-refractivity contribution in [3.05, 3.63) is 95.3 Å². The molecule has 30 heavy (non-hydrogen) atoms. The number of sulfonamides is 1. The summed E-state index contributed by atoms with van der Waals surface area (Å²) in [5.41, 5.74) is 2.36. The van der Waals surface area contributed by atoms with Crippen LogP contribution in [0.25, 0.3) is 0 Å². The fraction of sp³-hybridized carbons (Fsp3) is 0.174. The number of para-hydroxylation sites is 1. The molecule has 5 nitrogen and oxygen atoms in total. The molecule has 0 unspecified atom stereocenters. The highest BCUT2D eigenvalue weighted by molar-refractivity contribution is 7.92. The third-order valence-electron chi connectivity index (χ3n) is 4.73. The summed E-state index contributed by atoms with van der Waals surface area (Å²) in [6.45, 7) is 4.35. The largest absolute Gasteiger partial charge is 0.335 e. The van der Waals surface area contributed by atoms with Crippen LogP contribution in [0.5, 0.6) is 0 Å². The number of anilines is 1. The maximum Gasteiger partial charge on any atom is 0.261 e. The van der Waals surface area contributed by atoms with Gasteiger partial charge in [-0.2, -0.15) is 0 Å². The molecule has 156 valence electrons. The molecule has 0 bridgehead atoms. The van der Waals surface area contributed by atoms with Crippen LogP contribution in [0.1, 0.15) is 28.4 Å². The second-order valence-corrected chi connectivity index (χ2v) is 8.58. The number of halogens is 1. The number of nitrogens with one attached hydrogen (secondary N) is 1. The number of hydrogen-bond acceptors (Lipinski definition) is 3. The van der Waals surface area contributed by atoms with Crippen LogP contribution >= 0.6 is 0 Å². The highest BCUT2D eigenvalue weighted by Gasteiger charge is 2.18. The maximum absolute atomic E-state index is 13.4. The molecule has 0 fully saturated rings. The van der Waals surface area contributed by atoms with E-state index >= 15 is 0 Å². The van der Waals surface area contributed by atoms with Crippen molar-refractivity contribution in [2.24, 2.45) is 0 Å². The third-order valence-corrected chi connectivity index (χ3v) is 6.11. The van der Waals surface area contributed by atoms with Crippen LogP contribution in [0, 0.1) is 12.7 Å². The van der Waals surface area contributed by atoms with Crippen LogP contribution in [0.4, 0.5) is 10.1 Å². The normalized spacial score (nSPS) is 11.2. The molecule has 0 radical (unpaired) electrons. The summed E-state index contributed by atoms with van der Waals surface area (Å²) in [5, 5.41) is 0. The zero-order valence-corrected chi connectivity index (χ0v) is 17.6. The van der Waals surface area contributed by atoms with Gasteiger partial charge in [0.2, 0.25) is 0 Å². The Morgan fingerprint density at radius 1 is 1.00 bits per heavy atom. The topological polar surface area (TPSA) is 66.5 Å². The van der Waals surface area contributed by atoms with Crippen molar-refractivity contribution in [1.29, 1.82) is 0 Å². The van der Waals surface area contributed by atoms with Crippen LogP contribution in [-0.4, -0.2) is 25.8 Å². The van der Waals surface area contributed by atoms with E-state index in [0.717, 1.165) is 5.56 Å². The van der Waals surface area contributed by atoms with Gasteiger partial charge >= 0.3 is 0 Å². The first-order chi connectivity index (χ1) is 14.3. The maximum atomic E-state index is 13.4. The van der Waals surface area contributed by atoms with Crippen LogP contribution in [0.2, 0.25) is 0 Å². The first-order valence-corrected chi connectivity index (χ1v) is 11.0. The number of benzene rings is 3. The monoisotopic (exact) mass is 426 g/mol. The molecule has 1 amide bonds. The number of rotatable bonds is 7. The average Bonchev–Trinajstić information content (AvgIpc) is 2.73. The van der Waals surface area contributed by atoms with E-state index in [9.17, 15) is 17.6 Å². The van der Waals surface area contributed by atoms with E-state index in [-0.39, 0.29) is 23.2 Å². The van der Waals surface area contributed by atoms with Gasteiger partial charge in [0.1, 0.15) is 5.82 Å². The second-order valence-electron chi connectivity index (χ2n) is 6.89. The Kier molecular flexibility index (Phi) is 6.52. The van der Waals surface area contributed by atoms with Gasteiger partial charge in [0.05, 0.1) is 10.6 Å². The molecule has 0 aromatic heterocycles. The van der Waals surface area contributed by atoms with Gasteiger partial charge in [0.15, 0.2) is 0 Å². The first-order valence-electron chi connectivity index (χ1n) is 9.52. The van der Waals surface area contributed by atoms with E-state index < -0.39 is 10.0 Å². The Morgan fingerprint density at radius 2 is 1.70 bits per heavy atom. The van der Waals surface area contributed by atoms with Crippen molar-refractivity contribution in [3.63, 3.8) is 0 Å². The Balaban J connectivity index is 1.76. The number of aryl methyl sites for hydroxylation is 1. The molecule has 1 N–H and O–H groups in total. The number of carbonyl (C=O) groups is 1. The summed E-state index contributed by atoms with van der Waals surface area (Å²) >= 11 is 0. The quantitative estimate of drug-likeness (QED) is 0.601. The lowest BCUT2D eigenvalue weighted by atomic mass is 10.1. The molecule has 0 saturated carbocycles. The summed E-state index contributed by atoms with van der Waals surface area (Å²) in [7, 11) is -3.77. The zero-order chi connectivity index (χ0) is 21.7. The van der Waals surface area contributed by atoms with E-state index in [0.29, 0.717) is 23.4 Å². The SMILES string of the molecule is CCN(Cc1cccc(F)c1)C(=O)c1ccc(S(=O)(=O)Nc2ccccc2C)cc1. The van der Waals surface area contributed by atoms with Crippen molar-refractivity contribution in [1.82, 2.24) is 4.90 Å². The van der Waals surface area contributed by atoms with Crippen molar-refractivity contribution in [3.8, 4) is 0 Å². The Morgan fingerprint density at radius 3 is 2.33 bits per heavy atom. The predicted molar refractivity (Wildman–Crippen MR) is 115 cm³/mol. The molecule has 0 spiro atoms. The number of hydrogen-bond donors (Lipinski definition) is 1. The van der Waals surface area contributed by atoms with Gasteiger partial charge in [-0.3, -0.25) is 9.52 Å². The molecule has 0 aliphatic carbocycles. The van der Waals surface area contributed by atoms with Gasteiger partial charge in [-0.05, 0) is 67.4 Å². The van der Waals surface area contributed by atoms with Gasteiger partial charge in [-0.25, -0.2) is 12.8 Å². The summed E-state index contributed by atoms with van der Waals surface area (Å²) in [6, 6.07) is 19.0. The molecule has 3 aromatic rings. The zero-order valence-electron chi connectivity index (χ0n) is 16.8. The van der Waals surface area contributed by atoms with Gasteiger partial charge in [0.25, 0.3) is 15.9 Å². The lowest BCUT2D eigenvalue weighted by Gasteiger charge is -2.21. The molecule has 3 aromatic carbocycles. The minimum atomic E-state index is -3.77. The molecule has 0 aliphatic rings. The van der Waals surface area contributed by atoms with Crippen LogP contribution in [0.3, 0.4) is 0 Å². The summed E-state index contributed by atoms with van der Waals surface area (Å²) in [6.07, 6.45) is 0. The smallest absolute Gasteiger partial charge is 0.261 e. The molecular weight excluding hydrogens is 403 g/mol. The number of nitrogens with zero attached hydrogens (tertiary/aromatic N) is 1. The van der Waals surface area contributed by atoms with Crippen molar-refractivity contribution in [2.75, 3.05) is 11.3 Å². The predicted octanol–water partition coefficient (Wildman–Crippen LogP) is 4.60. The Hall–Kier alpha value is -3.19. The minimum Gasteiger partial charge on any atom is -0.335 e. The van der Waals surface area contributed by atoms with Crippen LogP contribution < -0.4 is 4.72 Å². The van der Waals surface area contributed by atoms with Crippen molar-refractivity contribution in [2.45, 2.75) is 25.3 Å². The molecule has 0 saturated heterocycles. The van der Waals surface area contributed by atoms with Gasteiger partial charge in [0, 0.05) is 18.7 Å². The standard InChI is InChI=1S/C23H23FN2O3S/c1-3-26(16-18-8-6-9-20(24)15-18)23(27)19-11-13-21(14-12-19)30(28,29)25-22-10-5-4-7-17(22)2/h4-15,25H,3,16H2,1-2H3. The summed E-state index contributed by atoms with van der Waals surface area (Å²) in [5.74, 6) is -0.607. The molecule has 0 atom stereocenters. The average molecular weight is 427 g/mol. The fourth-order valence-electron chi connectivity index (χ4n) is 3.03. The third kappa shape index (κ3) is 5.04. The fourth-order valence-corrected chi connectivity index (χ4v) is 4.16. The van der Waals surface area contributed by atoms with Crippen molar-refractivity contribution < 1.29 is 17.6 Å². The molecule has 7 heteroatoms. The summed E-state index contributed by atoms with van der Waals surface area (Å²) in [4.78, 5) is 14.5. The highest BCUT2D eigenvalue weighted by atomic mass is 32.2. The Labute approximate surface area is 176 Å². The number of amides is 1. The molecular formula is C23H23FN2O3S. The molecule has 0 aliphatic heterocycles. The van der Waals surface area contributed by atoms with E-state index in [1.54, 1.807) is 29.2 Å². The highest BCUT2D eigenvalue weighted by Crippen LogP contribution is 2.20. The van der Waals surface area contributed by atoms with Crippen LogP contribution in [-0.2, 0) is 16.6 Å². The van der Waals surface area contributed by atoms with E-state index in [2.05, 4.69) is 4.72 Å².